The Balaban J connectivity index is 1.92. The van der Waals surface area contributed by atoms with Crippen LogP contribution in [0.4, 0.5) is 11.5 Å². The molecule has 0 aliphatic heterocycles. The van der Waals surface area contributed by atoms with E-state index < -0.39 is 25.5 Å². The van der Waals surface area contributed by atoms with Crippen molar-refractivity contribution in [2.24, 2.45) is 0 Å². The maximum Gasteiger partial charge on any atom is 0.289 e. The largest absolute Gasteiger partial charge is 0.480 e. The number of nitro groups is 1. The van der Waals surface area contributed by atoms with E-state index in [0.29, 0.717) is 23.5 Å². The van der Waals surface area contributed by atoms with Crippen LogP contribution in [-0.2, 0) is 16.6 Å². The Kier molecular flexibility index (Phi) is 5.49. The summed E-state index contributed by atoms with van der Waals surface area (Å²) in [6.07, 6.45) is 1.34. The lowest BCUT2D eigenvalue weighted by Crippen LogP contribution is -2.29. The molecule has 164 valence electrons. The van der Waals surface area contributed by atoms with Gasteiger partial charge in [-0.15, -0.1) is 0 Å². The van der Waals surface area contributed by atoms with E-state index in [4.69, 9.17) is 4.74 Å². The van der Waals surface area contributed by atoms with Crippen molar-refractivity contribution in [3.05, 3.63) is 82.7 Å². The summed E-state index contributed by atoms with van der Waals surface area (Å²) in [5, 5.41) is 12.0. The van der Waals surface area contributed by atoms with Crippen molar-refractivity contribution in [1.29, 1.82) is 0 Å². The van der Waals surface area contributed by atoms with Gasteiger partial charge in [0.05, 0.1) is 24.0 Å². The molecule has 4 rings (SSSR count). The maximum atomic E-state index is 13.4. The predicted octanol–water partition coefficient (Wildman–Crippen LogP) is 3.22. The molecule has 0 aliphatic rings. The minimum Gasteiger partial charge on any atom is -0.480 e. The molecule has 0 bridgehead atoms. The van der Waals surface area contributed by atoms with E-state index in [2.05, 4.69) is 9.97 Å². The molecule has 2 aromatic carbocycles. The van der Waals surface area contributed by atoms with Gasteiger partial charge in [-0.25, -0.2) is 18.4 Å². The van der Waals surface area contributed by atoms with Crippen LogP contribution in [0.15, 0.2) is 71.9 Å². The number of rotatable bonds is 7. The molecule has 10 nitrogen and oxygen atoms in total. The summed E-state index contributed by atoms with van der Waals surface area (Å²) in [5.74, 6) is 0.556. The van der Waals surface area contributed by atoms with Crippen molar-refractivity contribution < 1.29 is 18.1 Å². The minimum atomic E-state index is -4.27. The van der Waals surface area contributed by atoms with Gasteiger partial charge in [-0.3, -0.25) is 14.4 Å². The summed E-state index contributed by atoms with van der Waals surface area (Å²) >= 11 is 0. The molecule has 0 spiro atoms. The van der Waals surface area contributed by atoms with Crippen molar-refractivity contribution in [2.75, 3.05) is 18.5 Å². The molecule has 0 radical (unpaired) electrons. The highest BCUT2D eigenvalue weighted by molar-refractivity contribution is 7.93. The number of methoxy groups -OCH3 is 1. The van der Waals surface area contributed by atoms with Gasteiger partial charge in [0.15, 0.2) is 4.90 Å². The second-order valence-corrected chi connectivity index (χ2v) is 8.83. The highest BCUT2D eigenvalue weighted by Crippen LogP contribution is 2.34. The van der Waals surface area contributed by atoms with E-state index in [1.807, 2.05) is 30.3 Å². The zero-order valence-corrected chi connectivity index (χ0v) is 18.1. The quantitative estimate of drug-likeness (QED) is 0.311. The van der Waals surface area contributed by atoms with E-state index in [0.717, 1.165) is 15.9 Å². The monoisotopic (exact) mass is 453 g/mol. The van der Waals surface area contributed by atoms with Gasteiger partial charge >= 0.3 is 0 Å². The van der Waals surface area contributed by atoms with Gasteiger partial charge < -0.3 is 9.30 Å². The lowest BCUT2D eigenvalue weighted by Gasteiger charge is -2.21. The Hall–Kier alpha value is -3.99. The number of aromatic nitrogens is 3. The van der Waals surface area contributed by atoms with E-state index in [1.54, 1.807) is 10.6 Å². The number of para-hydroxylation sites is 1. The molecule has 0 atom stereocenters. The molecule has 0 N–H and O–H groups in total. The highest BCUT2D eigenvalue weighted by atomic mass is 32.2. The Morgan fingerprint density at radius 1 is 1.09 bits per heavy atom. The fraction of sp³-hybridized carbons (Fsp3) is 0.143. The van der Waals surface area contributed by atoms with Gasteiger partial charge in [-0.1, -0.05) is 42.5 Å². The normalized spacial score (nSPS) is 11.4. The zero-order valence-electron chi connectivity index (χ0n) is 17.2. The number of benzene rings is 2. The van der Waals surface area contributed by atoms with Crippen LogP contribution in [0.1, 0.15) is 5.56 Å². The van der Waals surface area contributed by atoms with Crippen molar-refractivity contribution in [2.45, 2.75) is 11.4 Å². The van der Waals surface area contributed by atoms with Crippen LogP contribution < -0.4 is 9.04 Å². The first-order chi connectivity index (χ1) is 15.3. The van der Waals surface area contributed by atoms with Crippen LogP contribution in [0.25, 0.3) is 11.0 Å². The fourth-order valence-corrected chi connectivity index (χ4v) is 4.82. The number of hydrogen-bond acceptors (Lipinski definition) is 7. The summed E-state index contributed by atoms with van der Waals surface area (Å²) < 4.78 is 34.9. The van der Waals surface area contributed by atoms with Crippen molar-refractivity contribution in [1.82, 2.24) is 14.5 Å². The van der Waals surface area contributed by atoms with Crippen molar-refractivity contribution in [3.8, 4) is 5.88 Å². The first kappa shape index (κ1) is 21.2. The Morgan fingerprint density at radius 3 is 2.47 bits per heavy atom. The van der Waals surface area contributed by atoms with Crippen molar-refractivity contribution >= 4 is 32.6 Å². The van der Waals surface area contributed by atoms with Gasteiger partial charge in [-0.2, -0.15) is 0 Å². The van der Waals surface area contributed by atoms with Crippen LogP contribution in [-0.4, -0.2) is 42.0 Å². The number of nitrogens with zero attached hydrogens (tertiary/aromatic N) is 5. The summed E-state index contributed by atoms with van der Waals surface area (Å²) in [4.78, 5) is 18.8. The third-order valence-corrected chi connectivity index (χ3v) is 6.84. The molecular weight excluding hydrogens is 434 g/mol. The Bertz CT molecular complexity index is 1400. The fourth-order valence-electron chi connectivity index (χ4n) is 3.47. The molecule has 0 unspecified atom stereocenters. The van der Waals surface area contributed by atoms with E-state index in [9.17, 15) is 18.5 Å². The highest BCUT2D eigenvalue weighted by Gasteiger charge is 2.32. The number of nitro benzene ring substituents is 1. The lowest BCUT2D eigenvalue weighted by atomic mass is 10.2. The first-order valence-corrected chi connectivity index (χ1v) is 10.9. The average molecular weight is 453 g/mol. The number of hydrogen-bond donors (Lipinski definition) is 0. The second kappa shape index (κ2) is 8.27. The van der Waals surface area contributed by atoms with E-state index >= 15 is 0 Å². The zero-order chi connectivity index (χ0) is 22.9. The maximum absolute atomic E-state index is 13.4. The summed E-state index contributed by atoms with van der Waals surface area (Å²) in [7, 11) is -1.46. The molecular formula is C21H19N5O5S. The van der Waals surface area contributed by atoms with Crippen LogP contribution in [0, 0.1) is 10.1 Å². The number of sulfonamides is 1. The van der Waals surface area contributed by atoms with Crippen molar-refractivity contribution in [3.63, 3.8) is 0 Å². The molecule has 2 heterocycles. The summed E-state index contributed by atoms with van der Waals surface area (Å²) in [6.45, 7) is 0.316. The number of anilines is 1. The molecule has 2 aromatic heterocycles. The molecule has 0 saturated heterocycles. The minimum absolute atomic E-state index is 0.265. The van der Waals surface area contributed by atoms with Crippen LogP contribution in [0.3, 0.4) is 0 Å². The molecule has 0 fully saturated rings. The topological polar surface area (TPSA) is 120 Å². The predicted molar refractivity (Wildman–Crippen MR) is 118 cm³/mol. The molecule has 11 heteroatoms. The smallest absolute Gasteiger partial charge is 0.289 e. The number of fused-ring (bicyclic) bond motifs is 1. The van der Waals surface area contributed by atoms with Gasteiger partial charge in [0.25, 0.3) is 15.7 Å². The average Bonchev–Trinajstić information content (AvgIpc) is 3.17. The van der Waals surface area contributed by atoms with Gasteiger partial charge in [0, 0.05) is 13.1 Å². The third-order valence-electron chi connectivity index (χ3n) is 5.03. The van der Waals surface area contributed by atoms with E-state index in [1.165, 1.54) is 38.7 Å². The van der Waals surface area contributed by atoms with Crippen LogP contribution >= 0.6 is 0 Å². The summed E-state index contributed by atoms with van der Waals surface area (Å²) in [5.41, 5.74) is 0.892. The Labute approximate surface area is 183 Å². The molecule has 0 saturated carbocycles. The SMILES string of the molecule is COc1ncnc2c1cc(N(C)S(=O)(=O)c1ccccc1[N+](=O)[O-])n2Cc1ccccc1. The first-order valence-electron chi connectivity index (χ1n) is 9.49. The summed E-state index contributed by atoms with van der Waals surface area (Å²) in [6, 6.07) is 16.3. The van der Waals surface area contributed by atoms with Gasteiger partial charge in [0.1, 0.15) is 17.8 Å². The Morgan fingerprint density at radius 2 is 1.78 bits per heavy atom. The second-order valence-electron chi connectivity index (χ2n) is 6.89. The third kappa shape index (κ3) is 3.62. The van der Waals surface area contributed by atoms with Gasteiger partial charge in [0.2, 0.25) is 5.88 Å². The standard InChI is InChI=1S/C21H19N5O5S/c1-24(32(29,30)18-11-7-6-10-17(18)26(27)28)19-12-16-20(22-14-23-21(16)31-2)25(19)13-15-8-4-3-5-9-15/h3-12,14H,13H2,1-2H3. The van der Waals surface area contributed by atoms with Gasteiger partial charge in [-0.05, 0) is 17.7 Å². The molecule has 4 aromatic rings. The molecule has 32 heavy (non-hydrogen) atoms. The molecule has 0 amide bonds. The van der Waals surface area contributed by atoms with Crippen LogP contribution in [0.5, 0.6) is 5.88 Å². The molecule has 0 aliphatic carbocycles. The number of ether oxygens (including phenoxy) is 1. The van der Waals surface area contributed by atoms with E-state index in [-0.39, 0.29) is 5.82 Å². The lowest BCUT2D eigenvalue weighted by molar-refractivity contribution is -0.387. The van der Waals surface area contributed by atoms with Crippen LogP contribution in [0.2, 0.25) is 0 Å².